The number of fused-ring (bicyclic) bond motifs is 1. The van der Waals surface area contributed by atoms with Crippen molar-refractivity contribution in [2.75, 3.05) is 18.7 Å². The van der Waals surface area contributed by atoms with Crippen LogP contribution in [0.25, 0.3) is 10.2 Å². The molecule has 0 aliphatic heterocycles. The number of sulfonamides is 1. The summed E-state index contributed by atoms with van der Waals surface area (Å²) in [5.41, 5.74) is 2.65. The lowest BCUT2D eigenvalue weighted by molar-refractivity contribution is 0.0987. The van der Waals surface area contributed by atoms with Gasteiger partial charge in [-0.3, -0.25) is 4.79 Å². The van der Waals surface area contributed by atoms with Gasteiger partial charge in [0.1, 0.15) is 5.75 Å². The van der Waals surface area contributed by atoms with Crippen LogP contribution in [0.3, 0.4) is 0 Å². The van der Waals surface area contributed by atoms with Gasteiger partial charge in [0, 0.05) is 23.1 Å². The normalized spacial score (nSPS) is 11.8. The number of nitrogens with zero attached hydrogens (tertiary/aromatic N) is 4. The van der Waals surface area contributed by atoms with Crippen LogP contribution in [0.4, 0.5) is 5.13 Å². The van der Waals surface area contributed by atoms with E-state index in [-0.39, 0.29) is 17.0 Å². The van der Waals surface area contributed by atoms with Crippen LogP contribution < -0.4 is 9.75 Å². The van der Waals surface area contributed by atoms with Gasteiger partial charge in [-0.1, -0.05) is 76.7 Å². The highest BCUT2D eigenvalue weighted by atomic mass is 79.9. The van der Waals surface area contributed by atoms with Gasteiger partial charge < -0.3 is 4.74 Å². The lowest BCUT2D eigenvalue weighted by Gasteiger charge is -2.21. The molecular formula is C31H27BrN4O4S2. The minimum absolute atomic E-state index is 0.105. The van der Waals surface area contributed by atoms with E-state index in [1.807, 2.05) is 66.7 Å². The van der Waals surface area contributed by atoms with Gasteiger partial charge in [0.25, 0.3) is 5.91 Å². The Hall–Kier alpha value is -3.90. The third-order valence-electron chi connectivity index (χ3n) is 6.44. The van der Waals surface area contributed by atoms with E-state index < -0.39 is 15.9 Å². The number of carbonyl (C=O) groups is 1. The highest BCUT2D eigenvalue weighted by Crippen LogP contribution is 2.32. The maximum absolute atomic E-state index is 13.8. The molecule has 4 aromatic carbocycles. The van der Waals surface area contributed by atoms with Crippen molar-refractivity contribution < 1.29 is 17.9 Å². The number of ether oxygens (including phenoxy) is 1. The van der Waals surface area contributed by atoms with Gasteiger partial charge >= 0.3 is 0 Å². The molecule has 0 N–H and O–H groups in total. The summed E-state index contributed by atoms with van der Waals surface area (Å²) >= 11 is 4.72. The van der Waals surface area contributed by atoms with E-state index >= 15 is 0 Å². The predicted octanol–water partition coefficient (Wildman–Crippen LogP) is 6.96. The Balaban J connectivity index is 1.46. The van der Waals surface area contributed by atoms with Crippen LogP contribution in [-0.2, 0) is 16.6 Å². The number of hydrogen-bond donors (Lipinski definition) is 0. The smallest absolute Gasteiger partial charge is 0.280 e. The van der Waals surface area contributed by atoms with E-state index in [1.54, 1.807) is 26.3 Å². The Kier molecular flexibility index (Phi) is 9.12. The summed E-state index contributed by atoms with van der Waals surface area (Å²) in [6, 6.07) is 28.3. The highest BCUT2D eigenvalue weighted by molar-refractivity contribution is 9.10. The van der Waals surface area contributed by atoms with Gasteiger partial charge in [0.2, 0.25) is 15.2 Å². The van der Waals surface area contributed by atoms with Crippen molar-refractivity contribution in [2.24, 2.45) is 5.10 Å². The number of anilines is 1. The molecule has 1 aromatic heterocycles. The fourth-order valence-corrected chi connectivity index (χ4v) is 6.82. The van der Waals surface area contributed by atoms with Crippen molar-refractivity contribution in [3.05, 3.63) is 118 Å². The zero-order valence-corrected chi connectivity index (χ0v) is 26.1. The molecule has 42 heavy (non-hydrogen) atoms. The average Bonchev–Trinajstić information content (AvgIpc) is 3.44. The summed E-state index contributed by atoms with van der Waals surface area (Å²) in [5, 5.41) is 6.10. The van der Waals surface area contributed by atoms with Crippen LogP contribution in [-0.4, -0.2) is 43.5 Å². The summed E-state index contributed by atoms with van der Waals surface area (Å²) < 4.78 is 35.3. The first-order valence-corrected chi connectivity index (χ1v) is 16.1. The van der Waals surface area contributed by atoms with E-state index in [2.05, 4.69) is 26.0 Å². The first-order chi connectivity index (χ1) is 20.3. The van der Waals surface area contributed by atoms with E-state index in [1.165, 1.54) is 44.9 Å². The predicted molar refractivity (Wildman–Crippen MR) is 171 cm³/mol. The van der Waals surface area contributed by atoms with Crippen LogP contribution >= 0.6 is 27.3 Å². The zero-order valence-electron chi connectivity index (χ0n) is 22.8. The fraction of sp³-hybridized carbons (Fsp3) is 0.129. The maximum atomic E-state index is 13.8. The molecule has 0 fully saturated rings. The molecule has 5 aromatic rings. The number of methoxy groups -OCH3 is 1. The lowest BCUT2D eigenvalue weighted by atomic mass is 10.2. The monoisotopic (exact) mass is 662 g/mol. The molecule has 0 saturated heterocycles. The van der Waals surface area contributed by atoms with Crippen LogP contribution in [0.5, 0.6) is 5.75 Å². The quantitative estimate of drug-likeness (QED) is 0.119. The van der Waals surface area contributed by atoms with Gasteiger partial charge in [-0.15, -0.1) is 0 Å². The Morgan fingerprint density at radius 2 is 1.71 bits per heavy atom. The van der Waals surface area contributed by atoms with Crippen molar-refractivity contribution in [2.45, 2.75) is 18.4 Å². The molecule has 5 rings (SSSR count). The molecule has 0 saturated carbocycles. The number of carbonyl (C=O) groups excluding carboxylic acids is 1. The van der Waals surface area contributed by atoms with E-state index in [9.17, 15) is 13.2 Å². The second-order valence-corrected chi connectivity index (χ2v) is 13.0. The third kappa shape index (κ3) is 6.60. The van der Waals surface area contributed by atoms with Crippen molar-refractivity contribution in [3.63, 3.8) is 0 Å². The molecule has 214 valence electrons. The summed E-state index contributed by atoms with van der Waals surface area (Å²) in [6.45, 7) is 2.35. The highest BCUT2D eigenvalue weighted by Gasteiger charge is 2.25. The van der Waals surface area contributed by atoms with Gasteiger partial charge in [-0.2, -0.15) is 14.4 Å². The van der Waals surface area contributed by atoms with Gasteiger partial charge in [0.15, 0.2) is 0 Å². The molecule has 0 aliphatic rings. The van der Waals surface area contributed by atoms with E-state index in [4.69, 9.17) is 4.74 Å². The first-order valence-electron chi connectivity index (χ1n) is 13.0. The summed E-state index contributed by atoms with van der Waals surface area (Å²) in [5.74, 6) is 0.231. The van der Waals surface area contributed by atoms with Crippen LogP contribution in [0.15, 0.2) is 112 Å². The number of aromatic nitrogens is 1. The standard InChI is InChI=1S/C31H27BrN4O4S2/c1-3-35(21-23-7-5-4-6-8-23)42(38,39)27-16-11-24(12-17-27)30(37)36(33-20-22-9-13-25(32)14-10-22)31-34-28-18-15-26(40-2)19-29(28)41-31/h4-20H,3,21H2,1-2H3/b33-20+. The molecule has 0 spiro atoms. The van der Waals surface area contributed by atoms with Crippen molar-refractivity contribution in [1.82, 2.24) is 9.29 Å². The van der Waals surface area contributed by atoms with Crippen LogP contribution in [0.1, 0.15) is 28.4 Å². The summed E-state index contributed by atoms with van der Waals surface area (Å²) in [7, 11) is -2.20. The molecule has 1 heterocycles. The lowest BCUT2D eigenvalue weighted by Crippen LogP contribution is -2.30. The number of rotatable bonds is 10. The summed E-state index contributed by atoms with van der Waals surface area (Å²) in [4.78, 5) is 18.5. The minimum atomic E-state index is -3.79. The number of halogens is 1. The SMILES string of the molecule is CCN(Cc1ccccc1)S(=O)(=O)c1ccc(C(=O)N(/N=C/c2ccc(Br)cc2)c2nc3ccc(OC)cc3s2)cc1. The van der Waals surface area contributed by atoms with Crippen molar-refractivity contribution in [1.29, 1.82) is 0 Å². The minimum Gasteiger partial charge on any atom is -0.497 e. The summed E-state index contributed by atoms with van der Waals surface area (Å²) in [6.07, 6.45) is 1.58. The Bertz CT molecular complexity index is 1830. The number of amides is 1. The third-order valence-corrected chi connectivity index (χ3v) is 9.90. The van der Waals surface area contributed by atoms with Gasteiger partial charge in [-0.05, 0) is 65.7 Å². The zero-order chi connectivity index (χ0) is 29.7. The molecule has 11 heteroatoms. The maximum Gasteiger partial charge on any atom is 0.280 e. The average molecular weight is 664 g/mol. The molecule has 0 aliphatic carbocycles. The molecule has 0 bridgehead atoms. The number of hydrogen-bond acceptors (Lipinski definition) is 7. The number of hydrazone groups is 1. The Morgan fingerprint density at radius 3 is 2.38 bits per heavy atom. The molecular weight excluding hydrogens is 636 g/mol. The van der Waals surface area contributed by atoms with Gasteiger partial charge in [-0.25, -0.2) is 13.4 Å². The second-order valence-electron chi connectivity index (χ2n) is 9.18. The Labute approximate surface area is 257 Å². The first kappa shape index (κ1) is 29.6. The molecule has 0 radical (unpaired) electrons. The number of thiazole rings is 1. The second kappa shape index (κ2) is 13.0. The van der Waals surface area contributed by atoms with Crippen molar-refractivity contribution >= 4 is 64.8 Å². The van der Waals surface area contributed by atoms with Gasteiger partial charge in [0.05, 0.1) is 28.4 Å². The largest absolute Gasteiger partial charge is 0.497 e. The van der Waals surface area contributed by atoms with E-state index in [0.717, 1.165) is 20.3 Å². The molecule has 0 unspecified atom stereocenters. The topological polar surface area (TPSA) is 92.2 Å². The van der Waals surface area contributed by atoms with E-state index in [0.29, 0.717) is 22.9 Å². The molecule has 1 amide bonds. The molecule has 0 atom stereocenters. The van der Waals surface area contributed by atoms with Crippen molar-refractivity contribution in [3.8, 4) is 5.75 Å². The van der Waals surface area contributed by atoms with Crippen LogP contribution in [0, 0.1) is 0 Å². The van der Waals surface area contributed by atoms with Crippen LogP contribution in [0.2, 0.25) is 0 Å². The Morgan fingerprint density at radius 1 is 1.00 bits per heavy atom. The number of benzene rings is 4. The molecule has 8 nitrogen and oxygen atoms in total. The fourth-order valence-electron chi connectivity index (χ4n) is 4.17.